The van der Waals surface area contributed by atoms with Gasteiger partial charge in [-0.1, -0.05) is 11.6 Å². The van der Waals surface area contributed by atoms with Gasteiger partial charge in [0.25, 0.3) is 0 Å². The number of ether oxygens (including phenoxy) is 1. The molecule has 0 heterocycles. The van der Waals surface area contributed by atoms with Crippen molar-refractivity contribution in [1.82, 2.24) is 0 Å². The molecule has 0 amide bonds. The lowest BCUT2D eigenvalue weighted by Crippen LogP contribution is -2.13. The summed E-state index contributed by atoms with van der Waals surface area (Å²) in [6.07, 6.45) is -3.28. The van der Waals surface area contributed by atoms with Crippen molar-refractivity contribution in [1.29, 1.82) is 0 Å². The molecule has 1 rings (SSSR count). The van der Waals surface area contributed by atoms with E-state index >= 15 is 0 Å². The lowest BCUT2D eigenvalue weighted by Gasteiger charge is -2.08. The molecule has 0 saturated heterocycles. The van der Waals surface area contributed by atoms with Crippen molar-refractivity contribution < 1.29 is 22.7 Å². The highest BCUT2D eigenvalue weighted by Gasteiger charge is 2.24. The van der Waals surface area contributed by atoms with Gasteiger partial charge in [0.1, 0.15) is 0 Å². The first kappa shape index (κ1) is 12.8. The van der Waals surface area contributed by atoms with E-state index in [1.54, 1.807) is 6.92 Å². The number of halogens is 4. The number of rotatable bonds is 4. The molecule has 0 bridgehead atoms. The second-order valence-corrected chi connectivity index (χ2v) is 3.30. The quantitative estimate of drug-likeness (QED) is 0.769. The van der Waals surface area contributed by atoms with Crippen molar-refractivity contribution >= 4 is 17.4 Å². The van der Waals surface area contributed by atoms with Gasteiger partial charge in [-0.15, -0.1) is 0 Å². The largest absolute Gasteiger partial charge is 0.491 e. The van der Waals surface area contributed by atoms with Crippen LogP contribution in [-0.4, -0.2) is 18.8 Å². The summed E-state index contributed by atoms with van der Waals surface area (Å²) >= 11 is 5.56. The van der Waals surface area contributed by atoms with Gasteiger partial charge in [-0.25, -0.2) is 13.2 Å². The molecule has 0 unspecified atom stereocenters. The van der Waals surface area contributed by atoms with Crippen molar-refractivity contribution in [3.05, 3.63) is 28.5 Å². The minimum Gasteiger partial charge on any atom is -0.491 e. The molecule has 0 atom stereocenters. The standard InChI is InChI=1S/C10H8ClF3O2/c1-2-16-7-4-5(11)3-6(8(7)12)9(15)10(13)14/h3-4,10H,2H2,1H3. The highest BCUT2D eigenvalue weighted by atomic mass is 35.5. The van der Waals surface area contributed by atoms with Crippen molar-refractivity contribution in [2.24, 2.45) is 0 Å². The Morgan fingerprint density at radius 2 is 2.12 bits per heavy atom. The third-order valence-electron chi connectivity index (χ3n) is 1.77. The van der Waals surface area contributed by atoms with Gasteiger partial charge in [0.2, 0.25) is 5.78 Å². The molecule has 0 aliphatic heterocycles. The smallest absolute Gasteiger partial charge is 0.300 e. The van der Waals surface area contributed by atoms with Crippen LogP contribution in [0.25, 0.3) is 0 Å². The Hall–Kier alpha value is -1.23. The van der Waals surface area contributed by atoms with Crippen LogP contribution in [0.3, 0.4) is 0 Å². The number of hydrogen-bond acceptors (Lipinski definition) is 2. The predicted molar refractivity (Wildman–Crippen MR) is 52.9 cm³/mol. The molecule has 0 saturated carbocycles. The van der Waals surface area contributed by atoms with Crippen molar-refractivity contribution in [3.63, 3.8) is 0 Å². The number of carbonyl (C=O) groups excluding carboxylic acids is 1. The highest BCUT2D eigenvalue weighted by molar-refractivity contribution is 6.31. The highest BCUT2D eigenvalue weighted by Crippen LogP contribution is 2.27. The van der Waals surface area contributed by atoms with Crippen molar-refractivity contribution in [2.45, 2.75) is 13.3 Å². The molecule has 6 heteroatoms. The maximum atomic E-state index is 13.5. The van der Waals surface area contributed by atoms with Gasteiger partial charge >= 0.3 is 6.43 Å². The number of hydrogen-bond donors (Lipinski definition) is 0. The normalized spacial score (nSPS) is 10.6. The summed E-state index contributed by atoms with van der Waals surface area (Å²) in [6.45, 7) is 1.73. The third-order valence-corrected chi connectivity index (χ3v) is 1.99. The van der Waals surface area contributed by atoms with E-state index in [0.717, 1.165) is 12.1 Å². The molecule has 0 fully saturated rings. The monoisotopic (exact) mass is 252 g/mol. The average molecular weight is 253 g/mol. The first-order valence-corrected chi connectivity index (χ1v) is 4.79. The van der Waals surface area contributed by atoms with Crippen LogP contribution in [0.4, 0.5) is 13.2 Å². The van der Waals surface area contributed by atoms with Crippen LogP contribution in [0.1, 0.15) is 17.3 Å². The molecule has 0 aliphatic carbocycles. The number of ketones is 1. The maximum absolute atomic E-state index is 13.5. The molecule has 0 radical (unpaired) electrons. The van der Waals surface area contributed by atoms with Gasteiger partial charge < -0.3 is 4.74 Å². The Morgan fingerprint density at radius 3 is 2.62 bits per heavy atom. The summed E-state index contributed by atoms with van der Waals surface area (Å²) in [7, 11) is 0. The topological polar surface area (TPSA) is 26.3 Å². The molecule has 1 aromatic carbocycles. The van der Waals surface area contributed by atoms with Crippen LogP contribution in [0.2, 0.25) is 5.02 Å². The Kier molecular flexibility index (Phi) is 4.18. The van der Waals surface area contributed by atoms with Crippen LogP contribution in [-0.2, 0) is 0 Å². The van der Waals surface area contributed by atoms with Gasteiger partial charge in [-0.2, -0.15) is 0 Å². The summed E-state index contributed by atoms with van der Waals surface area (Å²) in [4.78, 5) is 11.0. The van der Waals surface area contributed by atoms with E-state index in [0.29, 0.717) is 0 Å². The average Bonchev–Trinajstić information content (AvgIpc) is 2.22. The van der Waals surface area contributed by atoms with E-state index in [1.165, 1.54) is 0 Å². The minimum atomic E-state index is -3.28. The Morgan fingerprint density at radius 1 is 1.50 bits per heavy atom. The predicted octanol–water partition coefficient (Wildman–Crippen LogP) is 3.33. The summed E-state index contributed by atoms with van der Waals surface area (Å²) in [5.74, 6) is -3.03. The van der Waals surface area contributed by atoms with Crippen LogP contribution in [0.15, 0.2) is 12.1 Å². The van der Waals surface area contributed by atoms with Gasteiger partial charge in [-0.05, 0) is 13.0 Å². The molecular weight excluding hydrogens is 245 g/mol. The summed E-state index contributed by atoms with van der Waals surface area (Å²) in [5, 5.41) is -0.0335. The molecule has 88 valence electrons. The molecule has 0 aliphatic rings. The third kappa shape index (κ3) is 2.66. The molecule has 0 N–H and O–H groups in total. The number of carbonyl (C=O) groups is 1. The molecule has 1 aromatic rings. The minimum absolute atomic E-state index is 0.0335. The van der Waals surface area contributed by atoms with Crippen molar-refractivity contribution in [2.75, 3.05) is 6.61 Å². The van der Waals surface area contributed by atoms with Crippen molar-refractivity contribution in [3.8, 4) is 5.75 Å². The fourth-order valence-electron chi connectivity index (χ4n) is 1.12. The lowest BCUT2D eigenvalue weighted by atomic mass is 10.1. The molecule has 16 heavy (non-hydrogen) atoms. The molecule has 0 aromatic heterocycles. The van der Waals surface area contributed by atoms with Crippen LogP contribution in [0.5, 0.6) is 5.75 Å². The second kappa shape index (κ2) is 5.21. The first-order valence-electron chi connectivity index (χ1n) is 4.41. The zero-order chi connectivity index (χ0) is 12.3. The number of Topliss-reactive ketones (excluding diaryl/α,β-unsaturated/α-hetero) is 1. The number of alkyl halides is 2. The fraction of sp³-hybridized carbons (Fsp3) is 0.300. The molecule has 2 nitrogen and oxygen atoms in total. The zero-order valence-corrected chi connectivity index (χ0v) is 9.02. The van der Waals surface area contributed by atoms with E-state index in [-0.39, 0.29) is 17.4 Å². The van der Waals surface area contributed by atoms with E-state index in [9.17, 15) is 18.0 Å². The SMILES string of the molecule is CCOc1cc(Cl)cc(C(=O)C(F)F)c1F. The first-order chi connectivity index (χ1) is 7.47. The van der Waals surface area contributed by atoms with Crippen LogP contribution in [0, 0.1) is 5.82 Å². The summed E-state index contributed by atoms with van der Waals surface area (Å²) in [5.41, 5.74) is -0.758. The molecular formula is C10H8ClF3O2. The zero-order valence-electron chi connectivity index (χ0n) is 8.27. The fourth-order valence-corrected chi connectivity index (χ4v) is 1.33. The summed E-state index contributed by atoms with van der Waals surface area (Å²) < 4.78 is 42.6. The van der Waals surface area contributed by atoms with E-state index < -0.39 is 23.6 Å². The van der Waals surface area contributed by atoms with Gasteiger partial charge in [0.15, 0.2) is 11.6 Å². The van der Waals surface area contributed by atoms with E-state index in [1.807, 2.05) is 0 Å². The maximum Gasteiger partial charge on any atom is 0.300 e. The number of benzene rings is 1. The van der Waals surface area contributed by atoms with Gasteiger partial charge in [0.05, 0.1) is 12.2 Å². The lowest BCUT2D eigenvalue weighted by molar-refractivity contribution is 0.0673. The van der Waals surface area contributed by atoms with Gasteiger partial charge in [-0.3, -0.25) is 4.79 Å². The van der Waals surface area contributed by atoms with E-state index in [2.05, 4.69) is 0 Å². The summed E-state index contributed by atoms with van der Waals surface area (Å²) in [6, 6.07) is 1.98. The molecule has 0 spiro atoms. The van der Waals surface area contributed by atoms with Gasteiger partial charge in [0, 0.05) is 11.1 Å². The Balaban J connectivity index is 3.23. The van der Waals surface area contributed by atoms with E-state index in [4.69, 9.17) is 16.3 Å². The Labute approximate surface area is 95.0 Å². The Bertz CT molecular complexity index is 407. The van der Waals surface area contributed by atoms with Crippen LogP contribution < -0.4 is 4.74 Å². The van der Waals surface area contributed by atoms with Crippen LogP contribution >= 0.6 is 11.6 Å². The second-order valence-electron chi connectivity index (χ2n) is 2.86.